The summed E-state index contributed by atoms with van der Waals surface area (Å²) in [5, 5.41) is 14.9. The first-order valence-electron chi connectivity index (χ1n) is 8.27. The first-order valence-corrected chi connectivity index (χ1v) is 9.75. The highest BCUT2D eigenvalue weighted by molar-refractivity contribution is 7.91. The Hall–Kier alpha value is -4.19. The van der Waals surface area contributed by atoms with Gasteiger partial charge in [-0.3, -0.25) is 20.2 Å². The summed E-state index contributed by atoms with van der Waals surface area (Å²) in [7, 11) is -3.92. The fourth-order valence-electron chi connectivity index (χ4n) is 2.40. The normalized spacial score (nSPS) is 10.8. The van der Waals surface area contributed by atoms with Crippen molar-refractivity contribution < 1.29 is 22.9 Å². The number of nitrogens with one attached hydrogen (secondary N) is 2. The molecule has 3 amide bonds. The van der Waals surface area contributed by atoms with Gasteiger partial charge < -0.3 is 5.32 Å². The van der Waals surface area contributed by atoms with Crippen LogP contribution in [-0.2, 0) is 9.84 Å². The predicted molar refractivity (Wildman–Crippen MR) is 104 cm³/mol. The van der Waals surface area contributed by atoms with Gasteiger partial charge in [-0.15, -0.1) is 0 Å². The van der Waals surface area contributed by atoms with Gasteiger partial charge in [0.15, 0.2) is 0 Å². The minimum atomic E-state index is -3.92. The maximum Gasteiger partial charge on any atom is 0.326 e. The number of rotatable bonds is 5. The van der Waals surface area contributed by atoms with Crippen LogP contribution in [0, 0.1) is 10.1 Å². The lowest BCUT2D eigenvalue weighted by molar-refractivity contribution is -0.385. The average Bonchev–Trinajstić information content (AvgIpc) is 2.74. The van der Waals surface area contributed by atoms with Crippen molar-refractivity contribution >= 4 is 33.2 Å². The molecule has 0 saturated heterocycles. The minimum Gasteiger partial charge on any atom is -0.308 e. The van der Waals surface area contributed by atoms with Crippen LogP contribution in [0.15, 0.2) is 77.0 Å². The monoisotopic (exact) mass is 427 g/mol. The maximum absolute atomic E-state index is 12.4. The van der Waals surface area contributed by atoms with Gasteiger partial charge in [0, 0.05) is 24.1 Å². The molecule has 0 unspecified atom stereocenters. The van der Waals surface area contributed by atoms with Crippen molar-refractivity contribution in [2.24, 2.45) is 0 Å². The first kappa shape index (κ1) is 20.5. The third kappa shape index (κ3) is 4.44. The molecule has 0 saturated carbocycles. The zero-order chi connectivity index (χ0) is 21.7. The van der Waals surface area contributed by atoms with Crippen molar-refractivity contribution in [1.82, 2.24) is 15.3 Å². The molecule has 152 valence electrons. The standard InChI is InChI=1S/C18H13N5O6S/c24-16(14-4-1-2-5-15(14)23(26)27)22-17(25)21-12-6-8-13(9-7-12)30(28,29)18-19-10-3-11-20-18/h1-11H,(H2,21,22,24,25). The number of urea groups is 1. The summed E-state index contributed by atoms with van der Waals surface area (Å²) in [6.45, 7) is 0. The molecular weight excluding hydrogens is 414 g/mol. The van der Waals surface area contributed by atoms with Gasteiger partial charge in [-0.25, -0.2) is 23.2 Å². The third-order valence-electron chi connectivity index (χ3n) is 3.78. The van der Waals surface area contributed by atoms with Gasteiger partial charge in [0.1, 0.15) is 5.56 Å². The quantitative estimate of drug-likeness (QED) is 0.356. The number of hydrogen-bond donors (Lipinski definition) is 2. The second kappa shape index (κ2) is 8.45. The molecule has 0 aliphatic rings. The summed E-state index contributed by atoms with van der Waals surface area (Å²) in [5.41, 5.74) is -0.529. The molecule has 1 heterocycles. The Kier molecular flexibility index (Phi) is 5.78. The second-order valence-corrected chi connectivity index (χ2v) is 7.59. The van der Waals surface area contributed by atoms with Crippen molar-refractivity contribution in [3.8, 4) is 0 Å². The molecule has 0 spiro atoms. The van der Waals surface area contributed by atoms with Crippen molar-refractivity contribution in [3.05, 3.63) is 82.7 Å². The van der Waals surface area contributed by atoms with Crippen molar-refractivity contribution in [2.45, 2.75) is 10.1 Å². The van der Waals surface area contributed by atoms with E-state index in [1.165, 1.54) is 60.9 Å². The molecule has 12 heteroatoms. The Bertz CT molecular complexity index is 1210. The number of benzene rings is 2. The summed E-state index contributed by atoms with van der Waals surface area (Å²) in [5.74, 6) is -0.958. The fourth-order valence-corrected chi connectivity index (χ4v) is 3.51. The number of carbonyl (C=O) groups excluding carboxylic acids is 2. The highest BCUT2D eigenvalue weighted by Crippen LogP contribution is 2.20. The van der Waals surface area contributed by atoms with Crippen LogP contribution in [0.1, 0.15) is 10.4 Å². The van der Waals surface area contributed by atoms with E-state index in [-0.39, 0.29) is 21.3 Å². The summed E-state index contributed by atoms with van der Waals surface area (Å²) in [6, 6.07) is 10.8. The molecule has 0 radical (unpaired) electrons. The number of carbonyl (C=O) groups is 2. The largest absolute Gasteiger partial charge is 0.326 e. The van der Waals surface area contributed by atoms with E-state index in [1.807, 2.05) is 5.32 Å². The van der Waals surface area contributed by atoms with E-state index in [4.69, 9.17) is 0 Å². The van der Waals surface area contributed by atoms with E-state index >= 15 is 0 Å². The van der Waals surface area contributed by atoms with E-state index in [1.54, 1.807) is 0 Å². The third-order valence-corrected chi connectivity index (χ3v) is 5.36. The zero-order valence-electron chi connectivity index (χ0n) is 15.1. The first-order chi connectivity index (χ1) is 14.3. The van der Waals surface area contributed by atoms with E-state index in [0.29, 0.717) is 0 Å². The summed E-state index contributed by atoms with van der Waals surface area (Å²) < 4.78 is 24.9. The van der Waals surface area contributed by atoms with Gasteiger partial charge in [-0.05, 0) is 36.4 Å². The molecular formula is C18H13N5O6S. The van der Waals surface area contributed by atoms with Crippen LogP contribution in [-0.4, -0.2) is 35.2 Å². The molecule has 2 aromatic carbocycles. The van der Waals surface area contributed by atoms with Gasteiger partial charge >= 0.3 is 6.03 Å². The van der Waals surface area contributed by atoms with Crippen LogP contribution in [0.4, 0.5) is 16.2 Å². The molecule has 3 aromatic rings. The molecule has 0 bridgehead atoms. The number of hydrogen-bond acceptors (Lipinski definition) is 8. The second-order valence-electron chi connectivity index (χ2n) is 5.74. The Morgan fingerprint density at radius 1 is 0.933 bits per heavy atom. The van der Waals surface area contributed by atoms with Gasteiger partial charge in [-0.2, -0.15) is 0 Å². The highest BCUT2D eigenvalue weighted by atomic mass is 32.2. The molecule has 0 aliphatic carbocycles. The van der Waals surface area contributed by atoms with E-state index in [0.717, 1.165) is 6.07 Å². The van der Waals surface area contributed by atoms with Gasteiger partial charge in [0.2, 0.25) is 9.84 Å². The molecule has 3 rings (SSSR count). The summed E-state index contributed by atoms with van der Waals surface area (Å²) in [4.78, 5) is 41.8. The Balaban J connectivity index is 1.70. The van der Waals surface area contributed by atoms with Gasteiger partial charge in [0.25, 0.3) is 16.8 Å². The zero-order valence-corrected chi connectivity index (χ0v) is 15.9. The van der Waals surface area contributed by atoms with Crippen LogP contribution in [0.25, 0.3) is 0 Å². The Morgan fingerprint density at radius 2 is 1.57 bits per heavy atom. The lowest BCUT2D eigenvalue weighted by Gasteiger charge is -2.08. The Labute approximate surface area is 169 Å². The van der Waals surface area contributed by atoms with Crippen LogP contribution < -0.4 is 10.6 Å². The number of aromatic nitrogens is 2. The van der Waals surface area contributed by atoms with Crippen molar-refractivity contribution in [3.63, 3.8) is 0 Å². The van der Waals surface area contributed by atoms with Gasteiger partial charge in [0.05, 0.1) is 9.82 Å². The van der Waals surface area contributed by atoms with E-state index in [2.05, 4.69) is 15.3 Å². The summed E-state index contributed by atoms with van der Waals surface area (Å²) >= 11 is 0. The SMILES string of the molecule is O=C(NC(=O)c1ccccc1[N+](=O)[O-])Nc1ccc(S(=O)(=O)c2ncccn2)cc1. The topological polar surface area (TPSA) is 161 Å². The maximum atomic E-state index is 12.4. The number of nitro benzene ring substituents is 1. The van der Waals surface area contributed by atoms with Gasteiger partial charge in [-0.1, -0.05) is 12.1 Å². The lowest BCUT2D eigenvalue weighted by Crippen LogP contribution is -2.34. The van der Waals surface area contributed by atoms with Crippen molar-refractivity contribution in [1.29, 1.82) is 0 Å². The fraction of sp³-hybridized carbons (Fsp3) is 0. The van der Waals surface area contributed by atoms with Crippen LogP contribution >= 0.6 is 0 Å². The van der Waals surface area contributed by atoms with Crippen LogP contribution in [0.2, 0.25) is 0 Å². The number of anilines is 1. The van der Waals surface area contributed by atoms with Crippen LogP contribution in [0.5, 0.6) is 0 Å². The molecule has 30 heavy (non-hydrogen) atoms. The average molecular weight is 427 g/mol. The molecule has 0 aliphatic heterocycles. The predicted octanol–water partition coefficient (Wildman–Crippen LogP) is 2.18. The Morgan fingerprint density at radius 3 is 2.20 bits per heavy atom. The smallest absolute Gasteiger partial charge is 0.308 e. The number of amides is 3. The molecule has 11 nitrogen and oxygen atoms in total. The number of sulfone groups is 1. The summed E-state index contributed by atoms with van der Waals surface area (Å²) in [6.07, 6.45) is 2.60. The highest BCUT2D eigenvalue weighted by Gasteiger charge is 2.22. The molecule has 1 aromatic heterocycles. The minimum absolute atomic E-state index is 0.0874. The number of para-hydroxylation sites is 1. The van der Waals surface area contributed by atoms with E-state index in [9.17, 15) is 28.1 Å². The molecule has 0 fully saturated rings. The lowest BCUT2D eigenvalue weighted by atomic mass is 10.1. The molecule has 0 atom stereocenters. The number of nitro groups is 1. The van der Waals surface area contributed by atoms with Crippen molar-refractivity contribution in [2.75, 3.05) is 5.32 Å². The van der Waals surface area contributed by atoms with E-state index < -0.39 is 32.4 Å². The van der Waals surface area contributed by atoms with Crippen LogP contribution in [0.3, 0.4) is 0 Å². The number of nitrogens with zero attached hydrogens (tertiary/aromatic N) is 3. The number of imide groups is 1. The molecule has 2 N–H and O–H groups in total.